The van der Waals surface area contributed by atoms with Crippen molar-refractivity contribution in [2.24, 2.45) is 4.40 Å². The number of nitrogens with zero attached hydrogens (tertiary/aromatic N) is 1. The number of sulfonamides is 1. The normalized spacial score (nSPS) is 16.3. The molecule has 0 aromatic heterocycles. The number of carbonyl (C=O) groups is 2. The zero-order chi connectivity index (χ0) is 21.9. The molecule has 0 radical (unpaired) electrons. The summed E-state index contributed by atoms with van der Waals surface area (Å²) in [6.07, 6.45) is 1.04. The summed E-state index contributed by atoms with van der Waals surface area (Å²) in [5.74, 6) is -0.724. The number of nitrogens with one attached hydrogen (secondary N) is 2. The summed E-state index contributed by atoms with van der Waals surface area (Å²) in [6.45, 7) is 0. The SMILES string of the molecule is COc1ccc(C(=O)C=C2N/C(=N/S(=O)(=O)c3ccc(N)cc3)NC2=O)cc1OC. The number of rotatable bonds is 6. The van der Waals surface area contributed by atoms with Gasteiger partial charge in [0.25, 0.3) is 15.9 Å². The summed E-state index contributed by atoms with van der Waals surface area (Å²) >= 11 is 0. The first-order valence-corrected chi connectivity index (χ1v) is 9.94. The number of amides is 1. The number of ketones is 1. The van der Waals surface area contributed by atoms with Crippen LogP contribution in [0, 0.1) is 0 Å². The second-order valence-electron chi connectivity index (χ2n) is 6.06. The summed E-state index contributed by atoms with van der Waals surface area (Å²) in [5, 5.41) is 4.77. The van der Waals surface area contributed by atoms with Gasteiger partial charge in [-0.25, -0.2) is 0 Å². The summed E-state index contributed by atoms with van der Waals surface area (Å²) < 4.78 is 38.5. The Balaban J connectivity index is 1.83. The van der Waals surface area contributed by atoms with Crippen LogP contribution < -0.4 is 25.8 Å². The van der Waals surface area contributed by atoms with Crippen LogP contribution in [0.15, 0.2) is 63.5 Å². The number of allylic oxidation sites excluding steroid dienone is 1. The van der Waals surface area contributed by atoms with Gasteiger partial charge in [-0.1, -0.05) is 0 Å². The van der Waals surface area contributed by atoms with Crippen molar-refractivity contribution in [1.29, 1.82) is 0 Å². The van der Waals surface area contributed by atoms with Gasteiger partial charge < -0.3 is 20.5 Å². The first kappa shape index (κ1) is 20.9. The van der Waals surface area contributed by atoms with Crippen molar-refractivity contribution < 1.29 is 27.5 Å². The fraction of sp³-hybridized carbons (Fsp3) is 0.105. The number of benzene rings is 2. The Kier molecular flexibility index (Phi) is 5.74. The molecule has 10 nitrogen and oxygen atoms in total. The maximum absolute atomic E-state index is 12.5. The highest BCUT2D eigenvalue weighted by molar-refractivity contribution is 7.90. The molecule has 4 N–H and O–H groups in total. The van der Waals surface area contributed by atoms with E-state index in [9.17, 15) is 18.0 Å². The number of methoxy groups -OCH3 is 2. The smallest absolute Gasteiger partial charge is 0.285 e. The number of nitrogen functional groups attached to an aromatic ring is 1. The Hall–Kier alpha value is -3.86. The van der Waals surface area contributed by atoms with E-state index in [0.29, 0.717) is 17.2 Å². The summed E-state index contributed by atoms with van der Waals surface area (Å²) in [6, 6.07) is 9.95. The maximum atomic E-state index is 12.5. The minimum absolute atomic E-state index is 0.0981. The van der Waals surface area contributed by atoms with Crippen LogP contribution in [-0.4, -0.2) is 40.3 Å². The van der Waals surface area contributed by atoms with E-state index in [1.54, 1.807) is 6.07 Å². The van der Waals surface area contributed by atoms with Crippen molar-refractivity contribution in [3.05, 3.63) is 59.8 Å². The predicted octanol–water partition coefficient (Wildman–Crippen LogP) is 0.817. The summed E-state index contributed by atoms with van der Waals surface area (Å²) in [5.41, 5.74) is 6.03. The van der Waals surface area contributed by atoms with Gasteiger partial charge in [0.2, 0.25) is 5.96 Å². The molecule has 30 heavy (non-hydrogen) atoms. The topological polar surface area (TPSA) is 149 Å². The van der Waals surface area contributed by atoms with Crippen LogP contribution in [0.5, 0.6) is 11.5 Å². The zero-order valence-corrected chi connectivity index (χ0v) is 16.8. The van der Waals surface area contributed by atoms with Crippen molar-refractivity contribution in [3.63, 3.8) is 0 Å². The highest BCUT2D eigenvalue weighted by atomic mass is 32.2. The lowest BCUT2D eigenvalue weighted by molar-refractivity contribution is -0.115. The van der Waals surface area contributed by atoms with E-state index in [2.05, 4.69) is 15.0 Å². The van der Waals surface area contributed by atoms with Crippen LogP contribution in [0.2, 0.25) is 0 Å². The molecule has 0 spiro atoms. The number of nitrogens with two attached hydrogens (primary N) is 1. The van der Waals surface area contributed by atoms with E-state index >= 15 is 0 Å². The van der Waals surface area contributed by atoms with E-state index in [4.69, 9.17) is 15.2 Å². The average molecular weight is 430 g/mol. The standard InChI is InChI=1S/C19H18N4O6S/c1-28-16-8-3-11(9-17(16)29-2)15(24)10-14-18(25)22-19(21-14)23-30(26,27)13-6-4-12(20)5-7-13/h3-10H,20H2,1-2H3,(H2,21,22,23,25). The van der Waals surface area contributed by atoms with Gasteiger partial charge in [0.1, 0.15) is 5.70 Å². The monoisotopic (exact) mass is 430 g/mol. The summed E-state index contributed by atoms with van der Waals surface area (Å²) in [7, 11) is -1.20. The Bertz CT molecular complexity index is 1170. The molecule has 1 heterocycles. The Morgan fingerprint density at radius 3 is 2.33 bits per heavy atom. The van der Waals surface area contributed by atoms with Gasteiger partial charge in [-0.3, -0.25) is 14.9 Å². The third kappa shape index (κ3) is 4.41. The van der Waals surface area contributed by atoms with Crippen molar-refractivity contribution >= 4 is 33.4 Å². The van der Waals surface area contributed by atoms with Gasteiger partial charge in [-0.15, -0.1) is 4.40 Å². The van der Waals surface area contributed by atoms with Gasteiger partial charge in [-0.05, 0) is 42.5 Å². The number of carbonyl (C=O) groups excluding carboxylic acids is 2. The molecule has 156 valence electrons. The molecule has 11 heteroatoms. The largest absolute Gasteiger partial charge is 0.493 e. The lowest BCUT2D eigenvalue weighted by atomic mass is 10.1. The van der Waals surface area contributed by atoms with Gasteiger partial charge in [0.15, 0.2) is 17.3 Å². The van der Waals surface area contributed by atoms with Crippen molar-refractivity contribution in [3.8, 4) is 11.5 Å². The van der Waals surface area contributed by atoms with Crippen molar-refractivity contribution in [2.45, 2.75) is 4.90 Å². The van der Waals surface area contributed by atoms with E-state index in [-0.39, 0.29) is 22.1 Å². The molecule has 0 unspecified atom stereocenters. The van der Waals surface area contributed by atoms with Crippen LogP contribution in [-0.2, 0) is 14.8 Å². The first-order valence-electron chi connectivity index (χ1n) is 8.50. The van der Waals surface area contributed by atoms with Crippen LogP contribution in [0.1, 0.15) is 10.4 Å². The fourth-order valence-electron chi connectivity index (χ4n) is 2.55. The number of guanidine groups is 1. The van der Waals surface area contributed by atoms with E-state index < -0.39 is 21.7 Å². The van der Waals surface area contributed by atoms with Gasteiger partial charge >= 0.3 is 0 Å². The van der Waals surface area contributed by atoms with E-state index in [0.717, 1.165) is 6.08 Å². The van der Waals surface area contributed by atoms with Crippen LogP contribution in [0.3, 0.4) is 0 Å². The van der Waals surface area contributed by atoms with Gasteiger partial charge in [0.05, 0.1) is 19.1 Å². The van der Waals surface area contributed by atoms with Crippen LogP contribution in [0.4, 0.5) is 5.69 Å². The van der Waals surface area contributed by atoms with Crippen molar-refractivity contribution in [1.82, 2.24) is 10.6 Å². The molecule has 3 rings (SSSR count). The molecule has 1 amide bonds. The molecule has 0 atom stereocenters. The number of ether oxygens (including phenoxy) is 2. The Morgan fingerprint density at radius 1 is 1.03 bits per heavy atom. The lowest BCUT2D eigenvalue weighted by Crippen LogP contribution is -2.26. The van der Waals surface area contributed by atoms with Crippen molar-refractivity contribution in [2.75, 3.05) is 20.0 Å². The predicted molar refractivity (Wildman–Crippen MR) is 109 cm³/mol. The molecule has 1 fully saturated rings. The lowest BCUT2D eigenvalue weighted by Gasteiger charge is -2.08. The van der Waals surface area contributed by atoms with Gasteiger partial charge in [-0.2, -0.15) is 8.42 Å². The van der Waals surface area contributed by atoms with E-state index in [1.165, 1.54) is 50.6 Å². The van der Waals surface area contributed by atoms with Gasteiger partial charge in [0, 0.05) is 17.3 Å². The second-order valence-corrected chi connectivity index (χ2v) is 7.66. The molecule has 2 aromatic carbocycles. The number of anilines is 1. The molecule has 1 aliphatic heterocycles. The van der Waals surface area contributed by atoms with Crippen LogP contribution in [0.25, 0.3) is 0 Å². The molecule has 1 aliphatic rings. The van der Waals surface area contributed by atoms with E-state index in [1.807, 2.05) is 0 Å². The Labute approximate surface area is 172 Å². The molecule has 0 bridgehead atoms. The third-order valence-corrected chi connectivity index (χ3v) is 5.35. The zero-order valence-electron chi connectivity index (χ0n) is 16.0. The number of hydrogen-bond donors (Lipinski definition) is 3. The molecule has 0 aliphatic carbocycles. The first-order chi connectivity index (χ1) is 14.2. The molecule has 2 aromatic rings. The third-order valence-electron chi connectivity index (χ3n) is 4.06. The second kappa shape index (κ2) is 8.25. The minimum atomic E-state index is -4.09. The summed E-state index contributed by atoms with van der Waals surface area (Å²) in [4.78, 5) is 24.5. The molecule has 1 saturated heterocycles. The molecular weight excluding hydrogens is 412 g/mol. The molecule has 0 saturated carbocycles. The quantitative estimate of drug-likeness (QED) is 0.346. The number of hydrogen-bond acceptors (Lipinski definition) is 7. The maximum Gasteiger partial charge on any atom is 0.285 e. The highest BCUT2D eigenvalue weighted by Crippen LogP contribution is 2.28. The molecular formula is C19H18N4O6S. The minimum Gasteiger partial charge on any atom is -0.493 e. The Morgan fingerprint density at radius 2 is 1.70 bits per heavy atom. The van der Waals surface area contributed by atoms with Crippen LogP contribution >= 0.6 is 0 Å². The fourth-order valence-corrected chi connectivity index (χ4v) is 3.47. The highest BCUT2D eigenvalue weighted by Gasteiger charge is 2.26. The average Bonchev–Trinajstić information content (AvgIpc) is 3.05.